The van der Waals surface area contributed by atoms with Gasteiger partial charge in [-0.25, -0.2) is 0 Å². The Balaban J connectivity index is 1.33. The Labute approximate surface area is 174 Å². The van der Waals surface area contributed by atoms with Gasteiger partial charge in [-0.2, -0.15) is 0 Å². The molecule has 2 heterocycles. The molecule has 3 aliphatic rings. The van der Waals surface area contributed by atoms with E-state index in [2.05, 4.69) is 5.16 Å². The fourth-order valence-corrected chi connectivity index (χ4v) is 5.74. The van der Waals surface area contributed by atoms with Gasteiger partial charge in [-0.3, -0.25) is 0 Å². The van der Waals surface area contributed by atoms with E-state index in [0.717, 1.165) is 37.0 Å². The summed E-state index contributed by atoms with van der Waals surface area (Å²) in [5.41, 5.74) is 2.25. The maximum Gasteiger partial charge on any atom is 0.174 e. The normalized spacial score (nSPS) is 28.3. The molecule has 0 N–H and O–H groups in total. The maximum atomic E-state index is 6.38. The van der Waals surface area contributed by atoms with Gasteiger partial charge in [-0.05, 0) is 44.7 Å². The fraction of sp³-hybridized carbons (Fsp3) is 0.571. The highest BCUT2D eigenvalue weighted by Gasteiger charge is 2.58. The average Bonchev–Trinajstić information content (AvgIpc) is 3.33. The molecule has 7 heteroatoms. The summed E-state index contributed by atoms with van der Waals surface area (Å²) < 4.78 is 23.9. The Morgan fingerprint density at radius 1 is 1.11 bits per heavy atom. The first kappa shape index (κ1) is 18.9. The largest absolute Gasteiger partial charge is 0.373 e. The van der Waals surface area contributed by atoms with Crippen molar-refractivity contribution in [2.75, 3.05) is 13.2 Å². The van der Waals surface area contributed by atoms with E-state index < -0.39 is 0 Å². The van der Waals surface area contributed by atoms with Crippen molar-refractivity contribution in [3.8, 4) is 11.3 Å². The summed E-state index contributed by atoms with van der Waals surface area (Å²) in [6, 6.07) is 5.42. The Kier molecular flexibility index (Phi) is 4.92. The first-order chi connectivity index (χ1) is 13.6. The molecule has 0 radical (unpaired) electrons. The molecule has 1 spiro atoms. The second-order valence-electron chi connectivity index (χ2n) is 7.96. The minimum Gasteiger partial charge on any atom is -0.373 e. The molecule has 5 nitrogen and oxygen atoms in total. The first-order valence-corrected chi connectivity index (χ1v) is 10.6. The molecule has 2 bridgehead atoms. The van der Waals surface area contributed by atoms with E-state index in [0.29, 0.717) is 53.0 Å². The zero-order chi connectivity index (χ0) is 19.3. The van der Waals surface area contributed by atoms with Gasteiger partial charge in [0.1, 0.15) is 11.5 Å². The molecule has 2 aliphatic carbocycles. The van der Waals surface area contributed by atoms with Crippen molar-refractivity contribution in [3.05, 3.63) is 39.6 Å². The average molecular weight is 424 g/mol. The van der Waals surface area contributed by atoms with Crippen LogP contribution in [0.5, 0.6) is 0 Å². The van der Waals surface area contributed by atoms with Crippen molar-refractivity contribution in [2.45, 2.75) is 51.1 Å². The Morgan fingerprint density at radius 2 is 1.75 bits per heavy atom. The van der Waals surface area contributed by atoms with Gasteiger partial charge in [0.2, 0.25) is 0 Å². The number of nitrogens with zero attached hydrogens (tertiary/aromatic N) is 1. The standard InChI is InChI=1S/C21H23Cl2NO4/c1-12-16(20(24-28-12)19-17(22)3-2-4-18(19)23)11-25-15-9-13-5-6-14(10-15)21(13)26-7-8-27-21/h2-4,13-15H,5-11H2,1H3/t13-,14+,15?. The van der Waals surface area contributed by atoms with E-state index in [9.17, 15) is 0 Å². The topological polar surface area (TPSA) is 53.7 Å². The molecule has 3 atom stereocenters. The van der Waals surface area contributed by atoms with E-state index in [-0.39, 0.29) is 11.9 Å². The molecule has 0 amide bonds. The number of hydrogen-bond donors (Lipinski definition) is 0. The summed E-state index contributed by atoms with van der Waals surface area (Å²) in [5, 5.41) is 5.31. The number of aryl methyl sites for hydroxylation is 1. The lowest BCUT2D eigenvalue weighted by Gasteiger charge is -2.41. The van der Waals surface area contributed by atoms with Crippen molar-refractivity contribution in [2.24, 2.45) is 11.8 Å². The van der Waals surface area contributed by atoms with Gasteiger partial charge >= 0.3 is 0 Å². The van der Waals surface area contributed by atoms with E-state index in [1.165, 1.54) is 0 Å². The molecule has 150 valence electrons. The second kappa shape index (κ2) is 7.29. The monoisotopic (exact) mass is 423 g/mol. The molecule has 1 aromatic carbocycles. The molecule has 28 heavy (non-hydrogen) atoms. The molecule has 2 saturated carbocycles. The van der Waals surface area contributed by atoms with Crippen LogP contribution in [0.1, 0.15) is 37.0 Å². The van der Waals surface area contributed by atoms with E-state index in [1.807, 2.05) is 13.0 Å². The van der Waals surface area contributed by atoms with Gasteiger partial charge < -0.3 is 18.7 Å². The van der Waals surface area contributed by atoms with Crippen LogP contribution in [0.2, 0.25) is 10.0 Å². The number of aromatic nitrogens is 1. The van der Waals surface area contributed by atoms with Crippen LogP contribution < -0.4 is 0 Å². The molecular formula is C21H23Cl2NO4. The van der Waals surface area contributed by atoms with Crippen molar-refractivity contribution in [1.82, 2.24) is 5.16 Å². The highest BCUT2D eigenvalue weighted by molar-refractivity contribution is 6.39. The number of hydrogen-bond acceptors (Lipinski definition) is 5. The number of halogens is 2. The summed E-state index contributed by atoms with van der Waals surface area (Å²) in [4.78, 5) is 0. The minimum atomic E-state index is -0.344. The first-order valence-electron chi connectivity index (χ1n) is 9.87. The Morgan fingerprint density at radius 3 is 2.39 bits per heavy atom. The van der Waals surface area contributed by atoms with Crippen molar-refractivity contribution >= 4 is 23.2 Å². The van der Waals surface area contributed by atoms with Crippen LogP contribution in [0.4, 0.5) is 0 Å². The molecule has 3 fully saturated rings. The lowest BCUT2D eigenvalue weighted by atomic mass is 9.81. The van der Waals surface area contributed by atoms with Crippen LogP contribution in [0.3, 0.4) is 0 Å². The summed E-state index contributed by atoms with van der Waals surface area (Å²) in [6.07, 6.45) is 4.40. The number of benzene rings is 1. The van der Waals surface area contributed by atoms with Gasteiger partial charge in [-0.1, -0.05) is 34.4 Å². The van der Waals surface area contributed by atoms with Gasteiger partial charge in [-0.15, -0.1) is 0 Å². The summed E-state index contributed by atoms with van der Waals surface area (Å²) in [6.45, 7) is 3.73. The van der Waals surface area contributed by atoms with Gasteiger partial charge in [0.15, 0.2) is 5.79 Å². The number of rotatable bonds is 4. The van der Waals surface area contributed by atoms with Crippen LogP contribution in [-0.4, -0.2) is 30.3 Å². The van der Waals surface area contributed by atoms with Gasteiger partial charge in [0, 0.05) is 23.0 Å². The molecular weight excluding hydrogens is 401 g/mol. The Bertz CT molecular complexity index is 841. The molecule has 1 aromatic heterocycles. The van der Waals surface area contributed by atoms with Crippen molar-refractivity contribution in [1.29, 1.82) is 0 Å². The van der Waals surface area contributed by atoms with Crippen molar-refractivity contribution in [3.63, 3.8) is 0 Å². The highest BCUT2D eigenvalue weighted by Crippen LogP contribution is 2.54. The predicted octanol–water partition coefficient (Wildman–Crippen LogP) is 5.41. The predicted molar refractivity (Wildman–Crippen MR) is 105 cm³/mol. The quantitative estimate of drug-likeness (QED) is 0.658. The zero-order valence-corrected chi connectivity index (χ0v) is 17.3. The third-order valence-electron chi connectivity index (χ3n) is 6.48. The third kappa shape index (κ3) is 2.99. The van der Waals surface area contributed by atoms with E-state index >= 15 is 0 Å². The lowest BCUT2D eigenvalue weighted by molar-refractivity contribution is -0.238. The molecule has 1 aliphatic heterocycles. The Hall–Kier alpha value is -1.11. The van der Waals surface area contributed by atoms with E-state index in [4.69, 9.17) is 41.9 Å². The maximum absolute atomic E-state index is 6.38. The molecule has 2 aromatic rings. The van der Waals surface area contributed by atoms with Crippen LogP contribution in [-0.2, 0) is 20.8 Å². The molecule has 1 saturated heterocycles. The summed E-state index contributed by atoms with van der Waals surface area (Å²) >= 11 is 12.8. The highest BCUT2D eigenvalue weighted by atomic mass is 35.5. The third-order valence-corrected chi connectivity index (χ3v) is 7.11. The van der Waals surface area contributed by atoms with Crippen molar-refractivity contribution < 1.29 is 18.7 Å². The van der Waals surface area contributed by atoms with Crippen LogP contribution in [0.25, 0.3) is 11.3 Å². The SMILES string of the molecule is Cc1onc(-c2c(Cl)cccc2Cl)c1COC1C[C@H]2CC[C@@H](C1)C21OCCO1. The fourth-order valence-electron chi connectivity index (χ4n) is 5.17. The van der Waals surface area contributed by atoms with Gasteiger partial charge in [0.05, 0.1) is 36.0 Å². The molecule has 1 unspecified atom stereocenters. The zero-order valence-electron chi connectivity index (χ0n) is 15.7. The van der Waals surface area contributed by atoms with Gasteiger partial charge in [0.25, 0.3) is 0 Å². The second-order valence-corrected chi connectivity index (χ2v) is 8.77. The van der Waals surface area contributed by atoms with Crippen LogP contribution >= 0.6 is 23.2 Å². The summed E-state index contributed by atoms with van der Waals surface area (Å²) in [7, 11) is 0. The number of ether oxygens (including phenoxy) is 3. The molecule has 5 rings (SSSR count). The van der Waals surface area contributed by atoms with Crippen LogP contribution in [0.15, 0.2) is 22.7 Å². The minimum absolute atomic E-state index is 0.180. The smallest absolute Gasteiger partial charge is 0.174 e. The van der Waals surface area contributed by atoms with E-state index in [1.54, 1.807) is 12.1 Å². The summed E-state index contributed by atoms with van der Waals surface area (Å²) in [5.74, 6) is 1.21. The van der Waals surface area contributed by atoms with Crippen LogP contribution in [0, 0.1) is 18.8 Å². The lowest BCUT2D eigenvalue weighted by Crippen LogP contribution is -2.47.